The third-order valence-electron chi connectivity index (χ3n) is 4.12. The predicted molar refractivity (Wildman–Crippen MR) is 108 cm³/mol. The van der Waals surface area contributed by atoms with E-state index in [0.29, 0.717) is 5.69 Å². The summed E-state index contributed by atoms with van der Waals surface area (Å²) in [6.45, 7) is 1.59. The van der Waals surface area contributed by atoms with E-state index in [2.05, 4.69) is 10.6 Å². The molecule has 0 aliphatic heterocycles. The molecule has 0 fully saturated rings. The van der Waals surface area contributed by atoms with Gasteiger partial charge in [-0.1, -0.05) is 31.2 Å². The molecule has 7 heteroatoms. The van der Waals surface area contributed by atoms with Crippen LogP contribution in [-0.4, -0.2) is 24.4 Å². The number of hydrogen-bond donors (Lipinski definition) is 2. The number of carbonyl (C=O) groups excluding carboxylic acids is 3. The van der Waals surface area contributed by atoms with Crippen LogP contribution >= 0.6 is 0 Å². The molecule has 2 N–H and O–H groups in total. The highest BCUT2D eigenvalue weighted by Crippen LogP contribution is 2.18. The number of rotatable bonds is 7. The van der Waals surface area contributed by atoms with Crippen LogP contribution in [-0.2, 0) is 16.0 Å². The van der Waals surface area contributed by atoms with E-state index in [-0.39, 0.29) is 17.0 Å². The predicted octanol–water partition coefficient (Wildman–Crippen LogP) is 3.89. The second-order valence-corrected chi connectivity index (χ2v) is 6.15. The fourth-order valence-electron chi connectivity index (χ4n) is 2.59. The van der Waals surface area contributed by atoms with E-state index >= 15 is 0 Å². The molecule has 3 aromatic rings. The van der Waals surface area contributed by atoms with Crippen LogP contribution in [0.4, 0.5) is 11.4 Å². The fourth-order valence-corrected chi connectivity index (χ4v) is 2.59. The van der Waals surface area contributed by atoms with Gasteiger partial charge in [0.15, 0.2) is 12.4 Å². The van der Waals surface area contributed by atoms with Crippen LogP contribution in [0.2, 0.25) is 0 Å². The van der Waals surface area contributed by atoms with Crippen molar-refractivity contribution in [3.8, 4) is 0 Å². The van der Waals surface area contributed by atoms with Gasteiger partial charge >= 0.3 is 5.97 Å². The molecule has 1 heterocycles. The maximum atomic E-state index is 12.4. The smallest absolute Gasteiger partial charge is 0.340 e. The summed E-state index contributed by atoms with van der Waals surface area (Å²) in [4.78, 5) is 36.6. The van der Waals surface area contributed by atoms with E-state index < -0.39 is 24.4 Å². The number of nitrogens with one attached hydrogen (secondary N) is 2. The normalized spacial score (nSPS) is 10.2. The van der Waals surface area contributed by atoms with Crippen molar-refractivity contribution in [3.05, 3.63) is 83.8 Å². The third kappa shape index (κ3) is 5.32. The number of carbonyl (C=O) groups is 3. The van der Waals surface area contributed by atoms with Crippen LogP contribution in [0.3, 0.4) is 0 Å². The van der Waals surface area contributed by atoms with Crippen molar-refractivity contribution in [2.24, 2.45) is 0 Å². The highest BCUT2D eigenvalue weighted by molar-refractivity contribution is 6.07. The first-order valence-corrected chi connectivity index (χ1v) is 9.06. The lowest BCUT2D eigenvalue weighted by atomic mass is 10.1. The monoisotopic (exact) mass is 392 g/mol. The SMILES string of the molecule is CCc1ccc(NC(=O)COC(=O)c2ccccc2NC(=O)c2ccco2)cc1. The standard InChI is InChI=1S/C22H20N2O5/c1-2-15-9-11-16(12-10-15)23-20(25)14-29-22(27)17-6-3-4-7-18(17)24-21(26)19-8-5-13-28-19/h3-13H,2,14H2,1H3,(H,23,25)(H,24,26). The minimum atomic E-state index is -0.725. The van der Waals surface area contributed by atoms with E-state index in [1.54, 1.807) is 36.4 Å². The van der Waals surface area contributed by atoms with Gasteiger partial charge in [-0.05, 0) is 48.4 Å². The number of para-hydroxylation sites is 1. The quantitative estimate of drug-likeness (QED) is 0.595. The Kier molecular flexibility index (Phi) is 6.42. The Labute approximate surface area is 167 Å². The van der Waals surface area contributed by atoms with Crippen molar-refractivity contribution in [2.45, 2.75) is 13.3 Å². The van der Waals surface area contributed by atoms with E-state index in [4.69, 9.17) is 9.15 Å². The number of aryl methyl sites for hydroxylation is 1. The largest absolute Gasteiger partial charge is 0.459 e. The maximum Gasteiger partial charge on any atom is 0.340 e. The van der Waals surface area contributed by atoms with Crippen LogP contribution in [0.1, 0.15) is 33.4 Å². The molecule has 0 aliphatic rings. The van der Waals surface area contributed by atoms with Gasteiger partial charge in [-0.3, -0.25) is 9.59 Å². The summed E-state index contributed by atoms with van der Waals surface area (Å²) in [5.74, 6) is -1.57. The molecule has 3 rings (SSSR count). The number of ether oxygens (including phenoxy) is 1. The Bertz CT molecular complexity index is 994. The molecule has 148 valence electrons. The molecular weight excluding hydrogens is 372 g/mol. The van der Waals surface area contributed by atoms with Gasteiger partial charge in [0.25, 0.3) is 11.8 Å². The number of furan rings is 1. The molecule has 2 amide bonds. The number of hydrogen-bond acceptors (Lipinski definition) is 5. The Hall–Kier alpha value is -3.87. The molecule has 0 saturated carbocycles. The van der Waals surface area contributed by atoms with Gasteiger partial charge in [0.2, 0.25) is 0 Å². The average Bonchev–Trinajstić information content (AvgIpc) is 3.28. The van der Waals surface area contributed by atoms with Crippen molar-refractivity contribution in [1.82, 2.24) is 0 Å². The Morgan fingerprint density at radius 3 is 2.38 bits per heavy atom. The van der Waals surface area contributed by atoms with Gasteiger partial charge in [-0.15, -0.1) is 0 Å². The molecule has 0 atom stereocenters. The fraction of sp³-hybridized carbons (Fsp3) is 0.136. The van der Waals surface area contributed by atoms with Crippen molar-refractivity contribution >= 4 is 29.2 Å². The Morgan fingerprint density at radius 1 is 0.931 bits per heavy atom. The molecule has 2 aromatic carbocycles. The molecular formula is C22H20N2O5. The summed E-state index contributed by atoms with van der Waals surface area (Å²) >= 11 is 0. The van der Waals surface area contributed by atoms with Gasteiger partial charge < -0.3 is 19.8 Å². The van der Waals surface area contributed by atoms with E-state index in [1.807, 2.05) is 19.1 Å². The molecule has 1 aromatic heterocycles. The minimum Gasteiger partial charge on any atom is -0.459 e. The third-order valence-corrected chi connectivity index (χ3v) is 4.12. The Morgan fingerprint density at radius 2 is 1.69 bits per heavy atom. The van der Waals surface area contributed by atoms with Gasteiger partial charge in [0, 0.05) is 5.69 Å². The lowest BCUT2D eigenvalue weighted by Gasteiger charge is -2.10. The van der Waals surface area contributed by atoms with Crippen LogP contribution in [0, 0.1) is 0 Å². The molecule has 0 saturated heterocycles. The van der Waals surface area contributed by atoms with Crippen molar-refractivity contribution in [1.29, 1.82) is 0 Å². The van der Waals surface area contributed by atoms with E-state index in [0.717, 1.165) is 12.0 Å². The summed E-state index contributed by atoms with van der Waals surface area (Å²) in [5, 5.41) is 5.27. The highest BCUT2D eigenvalue weighted by Gasteiger charge is 2.17. The molecule has 0 radical (unpaired) electrons. The highest BCUT2D eigenvalue weighted by atomic mass is 16.5. The number of esters is 1. The average molecular weight is 392 g/mol. The second-order valence-electron chi connectivity index (χ2n) is 6.15. The summed E-state index contributed by atoms with van der Waals surface area (Å²) < 4.78 is 10.1. The summed E-state index contributed by atoms with van der Waals surface area (Å²) in [6, 6.07) is 16.9. The van der Waals surface area contributed by atoms with Crippen molar-refractivity contribution in [2.75, 3.05) is 17.2 Å². The van der Waals surface area contributed by atoms with Crippen LogP contribution < -0.4 is 10.6 Å². The molecule has 29 heavy (non-hydrogen) atoms. The van der Waals surface area contributed by atoms with Crippen LogP contribution in [0.15, 0.2) is 71.3 Å². The zero-order chi connectivity index (χ0) is 20.6. The lowest BCUT2D eigenvalue weighted by Crippen LogP contribution is -2.22. The summed E-state index contributed by atoms with van der Waals surface area (Å²) in [6.07, 6.45) is 2.28. The maximum absolute atomic E-state index is 12.4. The van der Waals surface area contributed by atoms with Crippen molar-refractivity contribution in [3.63, 3.8) is 0 Å². The first-order valence-electron chi connectivity index (χ1n) is 9.06. The zero-order valence-corrected chi connectivity index (χ0v) is 15.8. The molecule has 7 nitrogen and oxygen atoms in total. The second kappa shape index (κ2) is 9.36. The van der Waals surface area contributed by atoms with Crippen molar-refractivity contribution < 1.29 is 23.5 Å². The molecule has 0 spiro atoms. The van der Waals surface area contributed by atoms with Gasteiger partial charge in [-0.25, -0.2) is 4.79 Å². The summed E-state index contributed by atoms with van der Waals surface area (Å²) in [7, 11) is 0. The van der Waals surface area contributed by atoms with Crippen LogP contribution in [0.25, 0.3) is 0 Å². The van der Waals surface area contributed by atoms with Gasteiger partial charge in [0.05, 0.1) is 17.5 Å². The number of benzene rings is 2. The summed E-state index contributed by atoms with van der Waals surface area (Å²) in [5.41, 5.74) is 2.17. The number of anilines is 2. The van der Waals surface area contributed by atoms with Crippen LogP contribution in [0.5, 0.6) is 0 Å². The molecule has 0 aliphatic carbocycles. The molecule has 0 bridgehead atoms. The van der Waals surface area contributed by atoms with E-state index in [9.17, 15) is 14.4 Å². The lowest BCUT2D eigenvalue weighted by molar-refractivity contribution is -0.119. The number of amides is 2. The zero-order valence-electron chi connectivity index (χ0n) is 15.8. The van der Waals surface area contributed by atoms with Gasteiger partial charge in [0.1, 0.15) is 0 Å². The van der Waals surface area contributed by atoms with Gasteiger partial charge in [-0.2, -0.15) is 0 Å². The Balaban J connectivity index is 1.58. The minimum absolute atomic E-state index is 0.113. The first-order chi connectivity index (χ1) is 14.1. The molecule has 0 unspecified atom stereocenters. The topological polar surface area (TPSA) is 97.6 Å². The van der Waals surface area contributed by atoms with E-state index in [1.165, 1.54) is 18.4 Å². The first kappa shape index (κ1) is 19.9.